The Morgan fingerprint density at radius 3 is 2.42 bits per heavy atom. The molecule has 5 rings (SSSR count). The van der Waals surface area contributed by atoms with Crippen LogP contribution >= 0.6 is 22.9 Å². The molecule has 0 aliphatic carbocycles. The van der Waals surface area contributed by atoms with E-state index in [1.807, 2.05) is 16.9 Å². The van der Waals surface area contributed by atoms with Crippen LogP contribution in [0.5, 0.6) is 0 Å². The van der Waals surface area contributed by atoms with Crippen molar-refractivity contribution in [2.24, 2.45) is 0 Å². The smallest absolute Gasteiger partial charge is 0.333 e. The zero-order chi connectivity index (χ0) is 28.3. The average molecular weight is 604 g/mol. The highest BCUT2D eigenvalue weighted by atomic mass is 35.5. The number of sulfonamides is 1. The van der Waals surface area contributed by atoms with Gasteiger partial charge in [-0.05, 0) is 60.2 Å². The molecule has 2 aliphatic heterocycles. The van der Waals surface area contributed by atoms with Gasteiger partial charge in [-0.25, -0.2) is 22.8 Å². The Bertz CT molecular complexity index is 1540. The number of imide groups is 1. The molecule has 11 nitrogen and oxygen atoms in total. The zero-order valence-corrected chi connectivity index (χ0v) is 23.6. The highest BCUT2D eigenvalue weighted by Gasteiger charge is 2.32. The standard InChI is InChI=1S/C26H26ClN5O6S2/c27-22-7-8-24(39-22)40(36,37)30-26(35)29-18-1-4-20(5-2-18)32-23(33)16-17-15-19(3-6-21(17)25(32)34)28-9-10-31-11-13-38-14-12-31/h1-8,15,28H,9-14,16H2,(H2,29,30,35). The zero-order valence-electron chi connectivity index (χ0n) is 21.2. The topological polar surface area (TPSA) is 137 Å². The highest BCUT2D eigenvalue weighted by molar-refractivity contribution is 7.92. The number of urea groups is 1. The molecule has 3 N–H and O–H groups in total. The first-order chi connectivity index (χ1) is 19.2. The van der Waals surface area contributed by atoms with E-state index in [-0.39, 0.29) is 26.6 Å². The summed E-state index contributed by atoms with van der Waals surface area (Å²) >= 11 is 6.60. The Balaban J connectivity index is 1.20. The van der Waals surface area contributed by atoms with Crippen molar-refractivity contribution in [3.05, 3.63) is 70.1 Å². The molecule has 14 heteroatoms. The first kappa shape index (κ1) is 28.1. The van der Waals surface area contributed by atoms with Crippen LogP contribution in [0, 0.1) is 0 Å². The van der Waals surface area contributed by atoms with Crippen molar-refractivity contribution in [1.29, 1.82) is 0 Å². The predicted molar refractivity (Wildman–Crippen MR) is 153 cm³/mol. The Morgan fingerprint density at radius 1 is 1.00 bits per heavy atom. The lowest BCUT2D eigenvalue weighted by molar-refractivity contribution is -0.117. The summed E-state index contributed by atoms with van der Waals surface area (Å²) in [4.78, 5) is 41.9. The lowest BCUT2D eigenvalue weighted by Crippen LogP contribution is -2.42. The Morgan fingerprint density at radius 2 is 1.73 bits per heavy atom. The molecule has 0 saturated carbocycles. The number of morpholine rings is 1. The molecule has 2 aliphatic rings. The van der Waals surface area contributed by atoms with Crippen LogP contribution in [0.25, 0.3) is 0 Å². The molecule has 0 unspecified atom stereocenters. The van der Waals surface area contributed by atoms with E-state index in [2.05, 4.69) is 15.5 Å². The van der Waals surface area contributed by atoms with Gasteiger partial charge in [-0.2, -0.15) is 0 Å². The minimum absolute atomic E-state index is 0.0626. The highest BCUT2D eigenvalue weighted by Crippen LogP contribution is 2.29. The summed E-state index contributed by atoms with van der Waals surface area (Å²) in [6.45, 7) is 4.90. The third-order valence-electron chi connectivity index (χ3n) is 6.41. The monoisotopic (exact) mass is 603 g/mol. The van der Waals surface area contributed by atoms with Crippen molar-refractivity contribution < 1.29 is 27.5 Å². The van der Waals surface area contributed by atoms with E-state index >= 15 is 0 Å². The number of nitrogens with one attached hydrogen (secondary N) is 3. The van der Waals surface area contributed by atoms with E-state index in [9.17, 15) is 22.8 Å². The second-order valence-electron chi connectivity index (χ2n) is 9.13. The van der Waals surface area contributed by atoms with E-state index in [0.717, 1.165) is 61.3 Å². The molecular formula is C26H26ClN5O6S2. The van der Waals surface area contributed by atoms with Crippen molar-refractivity contribution in [2.45, 2.75) is 10.6 Å². The quantitative estimate of drug-likeness (QED) is 0.333. The molecule has 0 spiro atoms. The van der Waals surface area contributed by atoms with Crippen LogP contribution in [0.1, 0.15) is 15.9 Å². The summed E-state index contributed by atoms with van der Waals surface area (Å²) in [6.07, 6.45) is 0.0626. The van der Waals surface area contributed by atoms with Gasteiger partial charge < -0.3 is 15.4 Å². The fourth-order valence-electron chi connectivity index (χ4n) is 4.44. The predicted octanol–water partition coefficient (Wildman–Crippen LogP) is 3.39. The molecule has 40 heavy (non-hydrogen) atoms. The number of hydrogen-bond donors (Lipinski definition) is 3. The van der Waals surface area contributed by atoms with E-state index in [1.54, 1.807) is 6.07 Å². The van der Waals surface area contributed by atoms with Gasteiger partial charge in [-0.15, -0.1) is 11.3 Å². The first-order valence-corrected chi connectivity index (χ1v) is 15.1. The average Bonchev–Trinajstić information content (AvgIpc) is 3.37. The van der Waals surface area contributed by atoms with Gasteiger partial charge in [0.15, 0.2) is 0 Å². The maximum Gasteiger partial charge on any atom is 0.333 e. The minimum Gasteiger partial charge on any atom is -0.384 e. The maximum absolute atomic E-state index is 13.2. The first-order valence-electron chi connectivity index (χ1n) is 12.4. The van der Waals surface area contributed by atoms with Crippen LogP contribution in [0.2, 0.25) is 4.34 Å². The summed E-state index contributed by atoms with van der Waals surface area (Å²) in [7, 11) is -4.08. The third kappa shape index (κ3) is 6.45. The summed E-state index contributed by atoms with van der Waals surface area (Å²) < 4.78 is 32.1. The van der Waals surface area contributed by atoms with Crippen molar-refractivity contribution in [3.8, 4) is 0 Å². The molecule has 1 fully saturated rings. The van der Waals surface area contributed by atoms with Gasteiger partial charge in [0.2, 0.25) is 5.91 Å². The van der Waals surface area contributed by atoms with E-state index in [4.69, 9.17) is 16.3 Å². The number of amides is 4. The van der Waals surface area contributed by atoms with Gasteiger partial charge in [-0.1, -0.05) is 11.6 Å². The van der Waals surface area contributed by atoms with Crippen LogP contribution in [-0.4, -0.2) is 70.6 Å². The molecule has 3 heterocycles. The number of anilines is 3. The number of ether oxygens (including phenoxy) is 1. The lowest BCUT2D eigenvalue weighted by atomic mass is 9.97. The number of thiophene rings is 1. The van der Waals surface area contributed by atoms with Crippen molar-refractivity contribution >= 4 is 67.9 Å². The SMILES string of the molecule is O=C(Nc1ccc(N2C(=O)Cc3cc(NCCN4CCOCC4)ccc3C2=O)cc1)NS(=O)(=O)c1ccc(Cl)s1. The second-order valence-corrected chi connectivity index (χ2v) is 12.8. The number of rotatable bonds is 8. The van der Waals surface area contributed by atoms with Crippen molar-refractivity contribution in [1.82, 2.24) is 9.62 Å². The summed E-state index contributed by atoms with van der Waals surface area (Å²) in [5, 5.41) is 5.78. The van der Waals surface area contributed by atoms with Gasteiger partial charge in [0, 0.05) is 43.1 Å². The molecule has 210 valence electrons. The van der Waals surface area contributed by atoms with Gasteiger partial charge in [0.05, 0.1) is 29.7 Å². The van der Waals surface area contributed by atoms with Crippen LogP contribution in [-0.2, 0) is 26.0 Å². The van der Waals surface area contributed by atoms with Gasteiger partial charge >= 0.3 is 6.03 Å². The number of carbonyl (C=O) groups excluding carboxylic acids is 3. The molecule has 2 aromatic carbocycles. The number of nitrogens with zero attached hydrogens (tertiary/aromatic N) is 2. The fraction of sp³-hybridized carbons (Fsp3) is 0.269. The molecular weight excluding hydrogens is 578 g/mol. The van der Waals surface area contributed by atoms with Gasteiger partial charge in [0.1, 0.15) is 4.21 Å². The summed E-state index contributed by atoms with van der Waals surface area (Å²) in [6, 6.07) is 13.1. The van der Waals surface area contributed by atoms with E-state index in [0.29, 0.717) is 16.8 Å². The number of benzene rings is 2. The minimum atomic E-state index is -4.08. The van der Waals surface area contributed by atoms with E-state index < -0.39 is 22.0 Å². The summed E-state index contributed by atoms with van der Waals surface area (Å²) in [5.74, 6) is -0.813. The molecule has 1 aromatic heterocycles. The van der Waals surface area contributed by atoms with Gasteiger partial charge in [0.25, 0.3) is 15.9 Å². The van der Waals surface area contributed by atoms with E-state index in [1.165, 1.54) is 36.4 Å². The lowest BCUT2D eigenvalue weighted by Gasteiger charge is -2.28. The second kappa shape index (κ2) is 11.9. The third-order valence-corrected chi connectivity index (χ3v) is 9.47. The number of halogens is 1. The Kier molecular flexibility index (Phi) is 8.38. The normalized spacial score (nSPS) is 16.0. The molecule has 0 atom stereocenters. The Hall–Kier alpha value is -3.49. The molecule has 4 amide bonds. The molecule has 0 radical (unpaired) electrons. The Labute approximate surface area is 240 Å². The number of hydrogen-bond acceptors (Lipinski definition) is 9. The van der Waals surface area contributed by atoms with Crippen molar-refractivity contribution in [3.63, 3.8) is 0 Å². The van der Waals surface area contributed by atoms with Crippen LogP contribution in [0.4, 0.5) is 21.9 Å². The largest absolute Gasteiger partial charge is 0.384 e. The molecule has 0 bridgehead atoms. The van der Waals surface area contributed by atoms with Gasteiger partial charge in [-0.3, -0.25) is 14.5 Å². The molecule has 3 aromatic rings. The maximum atomic E-state index is 13.2. The molecule has 1 saturated heterocycles. The van der Waals surface area contributed by atoms with Crippen molar-refractivity contribution in [2.75, 3.05) is 54.9 Å². The number of carbonyl (C=O) groups is 3. The number of fused-ring (bicyclic) bond motifs is 1. The fourth-order valence-corrected chi connectivity index (χ4v) is 6.83. The van der Waals surface area contributed by atoms with Crippen LogP contribution in [0.3, 0.4) is 0 Å². The van der Waals surface area contributed by atoms with Crippen LogP contribution in [0.15, 0.2) is 58.8 Å². The summed E-state index contributed by atoms with van der Waals surface area (Å²) in [5.41, 5.74) is 2.55. The van der Waals surface area contributed by atoms with Crippen LogP contribution < -0.4 is 20.3 Å².